The Bertz CT molecular complexity index is 1240. The van der Waals surface area contributed by atoms with Gasteiger partial charge in [0.2, 0.25) is 0 Å². The van der Waals surface area contributed by atoms with E-state index < -0.39 is 0 Å². The normalized spacial score (nSPS) is 10.7. The van der Waals surface area contributed by atoms with Crippen molar-refractivity contribution in [2.75, 3.05) is 19.4 Å². The van der Waals surface area contributed by atoms with Gasteiger partial charge in [-0.1, -0.05) is 41.0 Å². The molecule has 0 unspecified atom stereocenters. The fraction of sp³-hybridized carbons (Fsp3) is 0.136. The molecule has 0 atom stereocenters. The number of halogens is 1. The molecule has 4 aromatic rings. The molecule has 0 saturated heterocycles. The third kappa shape index (κ3) is 4.39. The molecule has 0 aliphatic carbocycles. The lowest BCUT2D eigenvalue weighted by Crippen LogP contribution is -2.21. The smallest absolute Gasteiger partial charge is 0.320 e. The predicted octanol–water partition coefficient (Wildman–Crippen LogP) is 4.85. The highest BCUT2D eigenvalue weighted by Gasteiger charge is 2.16. The number of aryl methyl sites for hydroxylation is 1. The molecule has 0 bridgehead atoms. The Morgan fingerprint density at radius 1 is 1.10 bits per heavy atom. The second kappa shape index (κ2) is 8.53. The molecular formula is C22H21ClN6O2. The molecule has 2 aromatic heterocycles. The Morgan fingerprint density at radius 3 is 2.55 bits per heavy atom. The Kier molecular flexibility index (Phi) is 5.64. The average Bonchev–Trinajstić information content (AvgIpc) is 3.23. The van der Waals surface area contributed by atoms with E-state index in [9.17, 15) is 4.79 Å². The van der Waals surface area contributed by atoms with E-state index in [1.807, 2.05) is 37.3 Å². The van der Waals surface area contributed by atoms with Crippen molar-refractivity contribution in [1.29, 1.82) is 0 Å². The van der Waals surface area contributed by atoms with Gasteiger partial charge in [-0.15, -0.1) is 5.10 Å². The van der Waals surface area contributed by atoms with E-state index in [2.05, 4.69) is 25.5 Å². The maximum absolute atomic E-state index is 12.1. The van der Waals surface area contributed by atoms with Crippen molar-refractivity contribution < 1.29 is 10.6 Å². The summed E-state index contributed by atoms with van der Waals surface area (Å²) in [4.78, 5) is 22.7. The molecule has 0 radical (unpaired) electrons. The molecule has 9 heteroatoms. The van der Waals surface area contributed by atoms with Crippen molar-refractivity contribution in [3.05, 3.63) is 71.0 Å². The predicted molar refractivity (Wildman–Crippen MR) is 120 cm³/mol. The van der Waals surface area contributed by atoms with Crippen LogP contribution in [-0.2, 0) is 0 Å². The number of aromatic nitrogens is 4. The van der Waals surface area contributed by atoms with Gasteiger partial charge in [0.1, 0.15) is 5.69 Å². The summed E-state index contributed by atoms with van der Waals surface area (Å²) in [6, 6.07) is 14.6. The van der Waals surface area contributed by atoms with Gasteiger partial charge in [-0.2, -0.15) is 0 Å². The molecule has 1 amide bonds. The molecule has 0 aliphatic heterocycles. The second-order valence-corrected chi connectivity index (χ2v) is 7.39. The standard InChI is InChI=1S/C22H19ClN6O2.H2/c1-13-19(20-27-28-22(31-20)26-17-7-5-4-6-16(17)23)25-18(12-24-13)14-8-10-15(11-9-14)21(30)29(2)3;/h4-12H,1-3H3,(H,26,28);1H. The number of hydrogen-bond donors (Lipinski definition) is 1. The van der Waals surface area contributed by atoms with Crippen molar-refractivity contribution in [2.24, 2.45) is 0 Å². The average molecular weight is 437 g/mol. The van der Waals surface area contributed by atoms with Crippen molar-refractivity contribution in [3.63, 3.8) is 0 Å². The number of benzene rings is 2. The Morgan fingerprint density at radius 2 is 1.84 bits per heavy atom. The quantitative estimate of drug-likeness (QED) is 0.477. The summed E-state index contributed by atoms with van der Waals surface area (Å²) >= 11 is 6.16. The molecule has 4 rings (SSSR count). The minimum Gasteiger partial charge on any atom is -0.401 e. The topological polar surface area (TPSA) is 97.0 Å². The summed E-state index contributed by atoms with van der Waals surface area (Å²) in [5, 5.41) is 11.6. The number of para-hydroxylation sites is 1. The van der Waals surface area contributed by atoms with Crippen LogP contribution in [0, 0.1) is 6.92 Å². The zero-order chi connectivity index (χ0) is 22.0. The van der Waals surface area contributed by atoms with Crippen LogP contribution in [0.1, 0.15) is 17.5 Å². The van der Waals surface area contributed by atoms with Crippen molar-refractivity contribution in [1.82, 2.24) is 25.1 Å². The highest BCUT2D eigenvalue weighted by molar-refractivity contribution is 6.33. The van der Waals surface area contributed by atoms with Gasteiger partial charge >= 0.3 is 6.01 Å². The zero-order valence-corrected chi connectivity index (χ0v) is 17.9. The van der Waals surface area contributed by atoms with E-state index in [4.69, 9.17) is 16.0 Å². The number of nitrogens with one attached hydrogen (secondary N) is 1. The van der Waals surface area contributed by atoms with Gasteiger partial charge in [-0.05, 0) is 31.2 Å². The second-order valence-electron chi connectivity index (χ2n) is 6.98. The summed E-state index contributed by atoms with van der Waals surface area (Å²) in [6.45, 7) is 1.82. The van der Waals surface area contributed by atoms with Crippen LogP contribution in [0.5, 0.6) is 0 Å². The molecule has 0 spiro atoms. The summed E-state index contributed by atoms with van der Waals surface area (Å²) in [6.07, 6.45) is 1.67. The van der Waals surface area contributed by atoms with Crippen molar-refractivity contribution >= 4 is 29.2 Å². The Hall–Kier alpha value is -3.78. The molecule has 0 fully saturated rings. The van der Waals surface area contributed by atoms with E-state index in [0.717, 1.165) is 5.56 Å². The highest BCUT2D eigenvalue weighted by atomic mass is 35.5. The molecule has 31 heavy (non-hydrogen) atoms. The first-order valence-electron chi connectivity index (χ1n) is 9.43. The van der Waals surface area contributed by atoms with Crippen LogP contribution in [-0.4, -0.2) is 45.1 Å². The van der Waals surface area contributed by atoms with E-state index in [1.54, 1.807) is 38.5 Å². The van der Waals surface area contributed by atoms with Crippen molar-refractivity contribution in [2.45, 2.75) is 6.92 Å². The molecule has 8 nitrogen and oxygen atoms in total. The number of carbonyl (C=O) groups excluding carboxylic acids is 1. The van der Waals surface area contributed by atoms with Crippen LogP contribution in [0.15, 0.2) is 59.1 Å². The van der Waals surface area contributed by atoms with Gasteiger partial charge in [-0.25, -0.2) is 4.98 Å². The summed E-state index contributed by atoms with van der Waals surface area (Å²) < 4.78 is 5.73. The van der Waals surface area contributed by atoms with Gasteiger partial charge in [0, 0.05) is 26.6 Å². The van der Waals surface area contributed by atoms with Crippen molar-refractivity contribution in [3.8, 4) is 22.8 Å². The summed E-state index contributed by atoms with van der Waals surface area (Å²) in [5.41, 5.74) is 3.83. The first-order valence-corrected chi connectivity index (χ1v) is 9.81. The van der Waals surface area contributed by atoms with Gasteiger partial charge in [0.05, 0.1) is 28.3 Å². The molecule has 2 aromatic carbocycles. The monoisotopic (exact) mass is 436 g/mol. The Labute approximate surface area is 185 Å². The number of amides is 1. The Balaban J connectivity index is 0.00000289. The van der Waals surface area contributed by atoms with Crippen LogP contribution >= 0.6 is 11.6 Å². The van der Waals surface area contributed by atoms with E-state index in [-0.39, 0.29) is 19.2 Å². The minimum atomic E-state index is -0.0633. The van der Waals surface area contributed by atoms with E-state index >= 15 is 0 Å². The van der Waals surface area contributed by atoms with Gasteiger partial charge in [0.25, 0.3) is 11.8 Å². The third-order valence-corrected chi connectivity index (χ3v) is 4.86. The maximum Gasteiger partial charge on any atom is 0.320 e. The van der Waals surface area contributed by atoms with Crippen LogP contribution in [0.3, 0.4) is 0 Å². The van der Waals surface area contributed by atoms with Crippen LogP contribution in [0.4, 0.5) is 11.7 Å². The fourth-order valence-corrected chi connectivity index (χ4v) is 3.06. The zero-order valence-electron chi connectivity index (χ0n) is 17.1. The summed E-state index contributed by atoms with van der Waals surface area (Å²) in [5.74, 6) is 0.174. The lowest BCUT2D eigenvalue weighted by atomic mass is 10.1. The molecule has 158 valence electrons. The molecule has 0 aliphatic rings. The van der Waals surface area contributed by atoms with Gasteiger partial charge < -0.3 is 14.6 Å². The van der Waals surface area contributed by atoms with Crippen LogP contribution in [0.2, 0.25) is 5.02 Å². The molecule has 2 heterocycles. The molecule has 1 N–H and O–H groups in total. The first kappa shape index (κ1) is 20.5. The lowest BCUT2D eigenvalue weighted by molar-refractivity contribution is 0.0827. The van der Waals surface area contributed by atoms with Crippen LogP contribution in [0.25, 0.3) is 22.8 Å². The van der Waals surface area contributed by atoms with Gasteiger partial charge in [0.15, 0.2) is 0 Å². The van der Waals surface area contributed by atoms with E-state index in [1.165, 1.54) is 4.90 Å². The summed E-state index contributed by atoms with van der Waals surface area (Å²) in [7, 11) is 3.43. The lowest BCUT2D eigenvalue weighted by Gasteiger charge is -2.10. The number of carbonyl (C=O) groups is 1. The molecule has 0 saturated carbocycles. The fourth-order valence-electron chi connectivity index (χ4n) is 2.88. The third-order valence-electron chi connectivity index (χ3n) is 4.53. The maximum atomic E-state index is 12.1. The number of hydrogen-bond acceptors (Lipinski definition) is 7. The SMILES string of the molecule is Cc1ncc(-c2ccc(C(=O)N(C)C)cc2)nc1-c1nnc(Nc2ccccc2Cl)o1.[HH]. The number of nitrogens with zero attached hydrogens (tertiary/aromatic N) is 5. The van der Waals surface area contributed by atoms with Crippen LogP contribution < -0.4 is 5.32 Å². The van der Waals surface area contributed by atoms with E-state index in [0.29, 0.717) is 33.4 Å². The highest BCUT2D eigenvalue weighted by Crippen LogP contribution is 2.28. The number of rotatable bonds is 5. The van der Waals surface area contributed by atoms with Gasteiger partial charge in [-0.3, -0.25) is 9.78 Å². The largest absolute Gasteiger partial charge is 0.401 e. The number of anilines is 2. The molecular weight excluding hydrogens is 416 g/mol. The first-order chi connectivity index (χ1) is 14.9. The minimum absolute atomic E-state index is 0.